The first kappa shape index (κ1) is 14.7. The summed E-state index contributed by atoms with van der Waals surface area (Å²) in [6.07, 6.45) is 0. The summed E-state index contributed by atoms with van der Waals surface area (Å²) in [5, 5.41) is 20.3. The normalized spacial score (nSPS) is 12.9. The van der Waals surface area contributed by atoms with Crippen molar-refractivity contribution < 1.29 is 19.4 Å². The van der Waals surface area contributed by atoms with Gasteiger partial charge in [0, 0.05) is 0 Å². The second-order valence-electron chi connectivity index (χ2n) is 3.74. The number of benzene rings is 1. The fraction of sp³-hybridized carbons (Fsp3) is 0.308. The molecule has 100 valence electrons. The molecule has 0 aliphatic heterocycles. The highest BCUT2D eigenvalue weighted by atomic mass is 16.5. The van der Waals surface area contributed by atoms with Crippen molar-refractivity contribution in [1.82, 2.24) is 5.32 Å². The molecule has 6 heteroatoms. The van der Waals surface area contributed by atoms with E-state index in [4.69, 9.17) is 10.4 Å². The van der Waals surface area contributed by atoms with Crippen molar-refractivity contribution in [2.45, 2.75) is 12.0 Å². The SMILES string of the molecule is COC(=O)C(CO)NC(=O)C(C#N)c1ccccc1. The fourth-order valence-electron chi connectivity index (χ4n) is 1.51. The molecule has 2 unspecified atom stereocenters. The van der Waals surface area contributed by atoms with Gasteiger partial charge in [0.2, 0.25) is 5.91 Å². The van der Waals surface area contributed by atoms with Crippen molar-refractivity contribution in [2.75, 3.05) is 13.7 Å². The van der Waals surface area contributed by atoms with Crippen LogP contribution in [0, 0.1) is 11.3 Å². The third-order valence-electron chi connectivity index (χ3n) is 2.51. The zero-order valence-corrected chi connectivity index (χ0v) is 10.4. The highest BCUT2D eigenvalue weighted by Crippen LogP contribution is 2.14. The lowest BCUT2D eigenvalue weighted by molar-refractivity contribution is -0.146. The molecule has 6 nitrogen and oxygen atoms in total. The maximum atomic E-state index is 11.9. The minimum absolute atomic E-state index is 0.518. The molecule has 1 aromatic carbocycles. The number of methoxy groups -OCH3 is 1. The van der Waals surface area contributed by atoms with Gasteiger partial charge in [0.15, 0.2) is 6.04 Å². The van der Waals surface area contributed by atoms with Crippen LogP contribution in [0.5, 0.6) is 0 Å². The number of aliphatic hydroxyl groups excluding tert-OH is 1. The number of nitrogens with zero attached hydrogens (tertiary/aromatic N) is 1. The molecule has 0 radical (unpaired) electrons. The molecule has 0 aliphatic rings. The molecule has 0 aromatic heterocycles. The van der Waals surface area contributed by atoms with Gasteiger partial charge in [-0.05, 0) is 5.56 Å². The van der Waals surface area contributed by atoms with Gasteiger partial charge in [-0.2, -0.15) is 5.26 Å². The monoisotopic (exact) mass is 262 g/mol. The Kier molecular flexibility index (Phi) is 5.51. The molecule has 0 saturated heterocycles. The summed E-state index contributed by atoms with van der Waals surface area (Å²) in [5.41, 5.74) is 0.518. The first-order valence-electron chi connectivity index (χ1n) is 5.57. The van der Waals surface area contributed by atoms with E-state index in [2.05, 4.69) is 10.1 Å². The zero-order valence-electron chi connectivity index (χ0n) is 10.4. The van der Waals surface area contributed by atoms with Crippen molar-refractivity contribution in [3.05, 3.63) is 35.9 Å². The zero-order chi connectivity index (χ0) is 14.3. The van der Waals surface area contributed by atoms with E-state index in [1.54, 1.807) is 30.3 Å². The van der Waals surface area contributed by atoms with Gasteiger partial charge < -0.3 is 15.2 Å². The Labute approximate surface area is 110 Å². The molecule has 2 N–H and O–H groups in total. The molecule has 1 aromatic rings. The Hall–Kier alpha value is -2.39. The average Bonchev–Trinajstić information content (AvgIpc) is 2.45. The van der Waals surface area contributed by atoms with Crippen LogP contribution in [0.1, 0.15) is 11.5 Å². The van der Waals surface area contributed by atoms with Gasteiger partial charge in [-0.15, -0.1) is 0 Å². The Balaban J connectivity index is 2.81. The lowest BCUT2D eigenvalue weighted by Crippen LogP contribution is -2.45. The number of esters is 1. The van der Waals surface area contributed by atoms with Crippen LogP contribution in [0.2, 0.25) is 0 Å². The Bertz CT molecular complexity index is 481. The molecule has 2 atom stereocenters. The van der Waals surface area contributed by atoms with E-state index in [0.717, 1.165) is 7.11 Å². The van der Waals surface area contributed by atoms with E-state index >= 15 is 0 Å². The van der Waals surface area contributed by atoms with Crippen LogP contribution < -0.4 is 5.32 Å². The van der Waals surface area contributed by atoms with E-state index < -0.39 is 30.4 Å². The maximum Gasteiger partial charge on any atom is 0.330 e. The molecule has 1 amide bonds. The van der Waals surface area contributed by atoms with E-state index in [9.17, 15) is 9.59 Å². The number of carbonyl (C=O) groups excluding carboxylic acids is 2. The summed E-state index contributed by atoms with van der Waals surface area (Å²) in [6.45, 7) is -0.592. The second-order valence-corrected chi connectivity index (χ2v) is 3.74. The van der Waals surface area contributed by atoms with Crippen LogP contribution >= 0.6 is 0 Å². The van der Waals surface area contributed by atoms with E-state index in [-0.39, 0.29) is 0 Å². The Morgan fingerprint density at radius 2 is 2.05 bits per heavy atom. The standard InChI is InChI=1S/C13H14N2O4/c1-19-13(18)11(8-16)15-12(17)10(7-14)9-5-3-2-4-6-9/h2-6,10-11,16H,8H2,1H3,(H,15,17). The maximum absolute atomic E-state index is 11.9. The van der Waals surface area contributed by atoms with Crippen molar-refractivity contribution in [3.63, 3.8) is 0 Å². The summed E-state index contributed by atoms with van der Waals surface area (Å²) in [7, 11) is 1.15. The van der Waals surface area contributed by atoms with Crippen LogP contribution in [0.3, 0.4) is 0 Å². The van der Waals surface area contributed by atoms with Gasteiger partial charge in [0.25, 0.3) is 0 Å². The molecule has 0 spiro atoms. The van der Waals surface area contributed by atoms with E-state index in [0.29, 0.717) is 5.56 Å². The molecular formula is C13H14N2O4. The first-order chi connectivity index (χ1) is 9.13. The third kappa shape index (κ3) is 3.79. The number of hydrogen-bond donors (Lipinski definition) is 2. The lowest BCUT2D eigenvalue weighted by atomic mass is 9.99. The summed E-state index contributed by atoms with van der Waals surface area (Å²) in [5.74, 6) is -2.46. The molecule has 0 bridgehead atoms. The molecule has 0 aliphatic carbocycles. The second kappa shape index (κ2) is 7.13. The summed E-state index contributed by atoms with van der Waals surface area (Å²) in [6, 6.07) is 9.14. The number of hydrogen-bond acceptors (Lipinski definition) is 5. The van der Waals surface area contributed by atoms with Crippen LogP contribution in [-0.4, -0.2) is 36.7 Å². The molecule has 19 heavy (non-hydrogen) atoms. The fourth-order valence-corrected chi connectivity index (χ4v) is 1.51. The smallest absolute Gasteiger partial charge is 0.330 e. The van der Waals surface area contributed by atoms with Gasteiger partial charge in [-0.1, -0.05) is 30.3 Å². The van der Waals surface area contributed by atoms with Crippen molar-refractivity contribution in [3.8, 4) is 6.07 Å². The number of ether oxygens (including phenoxy) is 1. The number of carbonyl (C=O) groups is 2. The first-order valence-corrected chi connectivity index (χ1v) is 5.57. The molecule has 1 rings (SSSR count). The minimum Gasteiger partial charge on any atom is -0.467 e. The Morgan fingerprint density at radius 1 is 1.42 bits per heavy atom. The number of nitrogens with one attached hydrogen (secondary N) is 1. The van der Waals surface area contributed by atoms with Gasteiger partial charge in [-0.3, -0.25) is 4.79 Å². The molecule has 0 fully saturated rings. The summed E-state index contributed by atoms with van der Waals surface area (Å²) < 4.78 is 4.43. The van der Waals surface area contributed by atoms with Gasteiger partial charge in [-0.25, -0.2) is 4.79 Å². The highest BCUT2D eigenvalue weighted by Gasteiger charge is 2.26. The van der Waals surface area contributed by atoms with Crippen LogP contribution in [0.4, 0.5) is 0 Å². The predicted octanol–water partition coefficient (Wildman–Crippen LogP) is -0.0561. The Morgan fingerprint density at radius 3 is 2.53 bits per heavy atom. The quantitative estimate of drug-likeness (QED) is 0.724. The lowest BCUT2D eigenvalue weighted by Gasteiger charge is -2.16. The van der Waals surface area contributed by atoms with E-state index in [1.165, 1.54) is 0 Å². The molecule has 0 heterocycles. The third-order valence-corrected chi connectivity index (χ3v) is 2.51. The number of nitriles is 1. The predicted molar refractivity (Wildman–Crippen MR) is 65.8 cm³/mol. The number of rotatable bonds is 5. The number of aliphatic hydroxyl groups is 1. The van der Waals surface area contributed by atoms with Crippen LogP contribution in [-0.2, 0) is 14.3 Å². The topological polar surface area (TPSA) is 99.4 Å². The highest BCUT2D eigenvalue weighted by molar-refractivity contribution is 5.90. The van der Waals surface area contributed by atoms with Gasteiger partial charge in [0.1, 0.15) is 5.92 Å². The van der Waals surface area contributed by atoms with Crippen LogP contribution in [0.25, 0.3) is 0 Å². The largest absolute Gasteiger partial charge is 0.467 e. The number of amides is 1. The molecule has 0 saturated carbocycles. The van der Waals surface area contributed by atoms with Crippen LogP contribution in [0.15, 0.2) is 30.3 Å². The summed E-state index contributed by atoms with van der Waals surface area (Å²) in [4.78, 5) is 23.2. The van der Waals surface area contributed by atoms with E-state index in [1.807, 2.05) is 6.07 Å². The minimum atomic E-state index is -1.17. The van der Waals surface area contributed by atoms with Crippen molar-refractivity contribution in [1.29, 1.82) is 5.26 Å². The molecular weight excluding hydrogens is 248 g/mol. The van der Waals surface area contributed by atoms with Crippen molar-refractivity contribution in [2.24, 2.45) is 0 Å². The van der Waals surface area contributed by atoms with Crippen molar-refractivity contribution >= 4 is 11.9 Å². The van der Waals surface area contributed by atoms with Gasteiger partial charge in [0.05, 0.1) is 19.8 Å². The van der Waals surface area contributed by atoms with Gasteiger partial charge >= 0.3 is 5.97 Å². The average molecular weight is 262 g/mol. The summed E-state index contributed by atoms with van der Waals surface area (Å²) >= 11 is 0.